The van der Waals surface area contributed by atoms with Crippen LogP contribution in [-0.4, -0.2) is 5.91 Å². The summed E-state index contributed by atoms with van der Waals surface area (Å²) in [5.74, 6) is -4.68. The Morgan fingerprint density at radius 1 is 1.14 bits per heavy atom. The summed E-state index contributed by atoms with van der Waals surface area (Å²) in [6, 6.07) is 3.99. The number of hydrogen-bond donors (Lipinski definition) is 2. The van der Waals surface area contributed by atoms with Crippen molar-refractivity contribution in [1.29, 1.82) is 0 Å². The third-order valence-electron chi connectivity index (χ3n) is 2.84. The molecule has 0 unspecified atom stereocenters. The first-order valence-corrected chi connectivity index (χ1v) is 6.60. The summed E-state index contributed by atoms with van der Waals surface area (Å²) in [6.45, 7) is 1.77. The fourth-order valence-corrected chi connectivity index (χ4v) is 2.29. The van der Waals surface area contributed by atoms with Gasteiger partial charge in [0.15, 0.2) is 0 Å². The van der Waals surface area contributed by atoms with Gasteiger partial charge in [0.1, 0.15) is 23.0 Å². The molecule has 2 aromatic carbocycles. The SMILES string of the molecule is Cc1cc(Br)c(NC(=O)c2c(F)cc(F)cc2F)cc1N. The van der Waals surface area contributed by atoms with Crippen molar-refractivity contribution in [3.8, 4) is 0 Å². The lowest BCUT2D eigenvalue weighted by atomic mass is 10.1. The molecule has 0 bridgehead atoms. The molecule has 110 valence electrons. The van der Waals surface area contributed by atoms with Gasteiger partial charge in [-0.05, 0) is 40.5 Å². The zero-order chi connectivity index (χ0) is 15.7. The Morgan fingerprint density at radius 3 is 2.29 bits per heavy atom. The third-order valence-corrected chi connectivity index (χ3v) is 3.49. The molecular weight excluding hydrogens is 349 g/mol. The smallest absolute Gasteiger partial charge is 0.261 e. The first kappa shape index (κ1) is 15.4. The number of carbonyl (C=O) groups excluding carboxylic acids is 1. The Kier molecular flexibility index (Phi) is 4.22. The second kappa shape index (κ2) is 5.77. The van der Waals surface area contributed by atoms with Gasteiger partial charge in [0.05, 0.1) is 5.69 Å². The van der Waals surface area contributed by atoms with Gasteiger partial charge >= 0.3 is 0 Å². The Hall–Kier alpha value is -2.02. The number of amides is 1. The Morgan fingerprint density at radius 2 is 1.71 bits per heavy atom. The van der Waals surface area contributed by atoms with E-state index in [1.165, 1.54) is 6.07 Å². The molecule has 21 heavy (non-hydrogen) atoms. The maximum atomic E-state index is 13.5. The average Bonchev–Trinajstić information content (AvgIpc) is 2.34. The summed E-state index contributed by atoms with van der Waals surface area (Å²) in [5, 5.41) is 2.33. The van der Waals surface area contributed by atoms with Crippen LogP contribution in [0.2, 0.25) is 0 Å². The lowest BCUT2D eigenvalue weighted by molar-refractivity contribution is 0.101. The minimum atomic E-state index is -1.28. The van der Waals surface area contributed by atoms with E-state index in [4.69, 9.17) is 5.73 Å². The monoisotopic (exact) mass is 358 g/mol. The number of anilines is 2. The highest BCUT2D eigenvalue weighted by atomic mass is 79.9. The molecule has 0 heterocycles. The van der Waals surface area contributed by atoms with Crippen LogP contribution in [0.25, 0.3) is 0 Å². The fraction of sp³-hybridized carbons (Fsp3) is 0.0714. The van der Waals surface area contributed by atoms with Gasteiger partial charge in [0, 0.05) is 22.3 Å². The van der Waals surface area contributed by atoms with E-state index < -0.39 is 28.9 Å². The summed E-state index contributed by atoms with van der Waals surface area (Å²) in [5.41, 5.74) is 6.30. The van der Waals surface area contributed by atoms with Crippen molar-refractivity contribution in [2.75, 3.05) is 11.1 Å². The van der Waals surface area contributed by atoms with Crippen molar-refractivity contribution < 1.29 is 18.0 Å². The van der Waals surface area contributed by atoms with Gasteiger partial charge < -0.3 is 11.1 Å². The van der Waals surface area contributed by atoms with Crippen LogP contribution in [0.3, 0.4) is 0 Å². The van der Waals surface area contributed by atoms with Crippen LogP contribution in [0.5, 0.6) is 0 Å². The molecule has 2 rings (SSSR count). The molecule has 0 saturated heterocycles. The van der Waals surface area contributed by atoms with E-state index in [2.05, 4.69) is 21.2 Å². The van der Waals surface area contributed by atoms with E-state index in [1.54, 1.807) is 13.0 Å². The number of nitrogens with one attached hydrogen (secondary N) is 1. The van der Waals surface area contributed by atoms with Crippen LogP contribution in [0.15, 0.2) is 28.7 Å². The Labute approximate surface area is 127 Å². The number of rotatable bonds is 2. The highest BCUT2D eigenvalue weighted by Gasteiger charge is 2.20. The number of halogens is 4. The zero-order valence-corrected chi connectivity index (χ0v) is 12.4. The molecule has 2 aromatic rings. The van der Waals surface area contributed by atoms with E-state index in [0.29, 0.717) is 22.3 Å². The molecule has 3 nitrogen and oxygen atoms in total. The molecule has 0 saturated carbocycles. The molecule has 0 aliphatic rings. The van der Waals surface area contributed by atoms with Crippen molar-refractivity contribution in [3.05, 3.63) is 57.3 Å². The summed E-state index contributed by atoms with van der Waals surface area (Å²) in [6.07, 6.45) is 0. The molecule has 0 aromatic heterocycles. The van der Waals surface area contributed by atoms with E-state index in [9.17, 15) is 18.0 Å². The Bertz CT molecular complexity index is 711. The van der Waals surface area contributed by atoms with Gasteiger partial charge in [0.2, 0.25) is 0 Å². The highest BCUT2D eigenvalue weighted by Crippen LogP contribution is 2.28. The summed E-state index contributed by atoms with van der Waals surface area (Å²) >= 11 is 3.21. The minimum Gasteiger partial charge on any atom is -0.398 e. The first-order valence-electron chi connectivity index (χ1n) is 5.81. The molecule has 0 aliphatic carbocycles. The van der Waals surface area contributed by atoms with Gasteiger partial charge in [-0.3, -0.25) is 4.79 Å². The van der Waals surface area contributed by atoms with Crippen molar-refractivity contribution in [2.45, 2.75) is 6.92 Å². The highest BCUT2D eigenvalue weighted by molar-refractivity contribution is 9.10. The van der Waals surface area contributed by atoms with Crippen LogP contribution in [0, 0.1) is 24.4 Å². The zero-order valence-electron chi connectivity index (χ0n) is 10.8. The first-order chi connectivity index (χ1) is 9.79. The molecule has 0 spiro atoms. The van der Waals surface area contributed by atoms with E-state index in [1.807, 2.05) is 0 Å². The summed E-state index contributed by atoms with van der Waals surface area (Å²) in [7, 11) is 0. The molecule has 0 radical (unpaired) electrons. The van der Waals surface area contributed by atoms with Crippen LogP contribution >= 0.6 is 15.9 Å². The third kappa shape index (κ3) is 3.18. The molecular formula is C14H10BrF3N2O. The van der Waals surface area contributed by atoms with E-state index in [0.717, 1.165) is 5.56 Å². The molecule has 3 N–H and O–H groups in total. The van der Waals surface area contributed by atoms with Gasteiger partial charge in [-0.25, -0.2) is 13.2 Å². The van der Waals surface area contributed by atoms with Crippen LogP contribution in [0.1, 0.15) is 15.9 Å². The van der Waals surface area contributed by atoms with Gasteiger partial charge in [-0.1, -0.05) is 0 Å². The van der Waals surface area contributed by atoms with E-state index >= 15 is 0 Å². The van der Waals surface area contributed by atoms with Crippen molar-refractivity contribution in [3.63, 3.8) is 0 Å². The van der Waals surface area contributed by atoms with Crippen molar-refractivity contribution in [1.82, 2.24) is 0 Å². The maximum absolute atomic E-state index is 13.5. The summed E-state index contributed by atoms with van der Waals surface area (Å²) in [4.78, 5) is 11.9. The standard InChI is InChI=1S/C14H10BrF3N2O/c1-6-2-8(15)12(5-11(6)19)20-14(21)13-9(17)3-7(16)4-10(13)18/h2-5H,19H2,1H3,(H,20,21). The molecule has 0 atom stereocenters. The molecule has 0 fully saturated rings. The fourth-order valence-electron chi connectivity index (χ4n) is 1.73. The summed E-state index contributed by atoms with van der Waals surface area (Å²) < 4.78 is 40.4. The average molecular weight is 359 g/mol. The molecule has 7 heteroatoms. The minimum absolute atomic E-state index is 0.256. The van der Waals surface area contributed by atoms with E-state index in [-0.39, 0.29) is 5.69 Å². The molecule has 0 aliphatic heterocycles. The number of nitrogens with two attached hydrogens (primary N) is 1. The second-order valence-electron chi connectivity index (χ2n) is 4.39. The lowest BCUT2D eigenvalue weighted by Gasteiger charge is -2.11. The Balaban J connectivity index is 2.37. The van der Waals surface area contributed by atoms with Crippen molar-refractivity contribution >= 4 is 33.2 Å². The second-order valence-corrected chi connectivity index (χ2v) is 5.24. The van der Waals surface area contributed by atoms with Crippen LogP contribution in [-0.2, 0) is 0 Å². The molecule has 1 amide bonds. The number of carbonyl (C=O) groups is 1. The number of nitrogen functional groups attached to an aromatic ring is 1. The maximum Gasteiger partial charge on any atom is 0.261 e. The predicted octanol–water partition coefficient (Wildman–Crippen LogP) is 4.01. The van der Waals surface area contributed by atoms with Gasteiger partial charge in [0.25, 0.3) is 5.91 Å². The van der Waals surface area contributed by atoms with Gasteiger partial charge in [-0.15, -0.1) is 0 Å². The number of benzene rings is 2. The van der Waals surface area contributed by atoms with Crippen LogP contribution in [0.4, 0.5) is 24.5 Å². The number of hydrogen-bond acceptors (Lipinski definition) is 2. The van der Waals surface area contributed by atoms with Gasteiger partial charge in [-0.2, -0.15) is 0 Å². The quantitative estimate of drug-likeness (QED) is 0.797. The van der Waals surface area contributed by atoms with Crippen molar-refractivity contribution in [2.24, 2.45) is 0 Å². The number of aryl methyl sites for hydroxylation is 1. The largest absolute Gasteiger partial charge is 0.398 e. The lowest BCUT2D eigenvalue weighted by Crippen LogP contribution is -2.16. The normalized spacial score (nSPS) is 10.5. The topological polar surface area (TPSA) is 55.1 Å². The predicted molar refractivity (Wildman–Crippen MR) is 77.6 cm³/mol. The van der Waals surface area contributed by atoms with Crippen LogP contribution < -0.4 is 11.1 Å².